The Morgan fingerprint density at radius 3 is 0.986 bits per heavy atom. The van der Waals surface area contributed by atoms with Crippen molar-refractivity contribution in [3.8, 4) is 0 Å². The third kappa shape index (κ3) is 57.9. The highest BCUT2D eigenvalue weighted by molar-refractivity contribution is 5.76. The first-order chi connectivity index (χ1) is 35.5. The summed E-state index contributed by atoms with van der Waals surface area (Å²) in [5.74, 6) is -0.0205. The van der Waals surface area contributed by atoms with Crippen molar-refractivity contribution in [2.75, 3.05) is 13.2 Å². The number of hydrogen-bond donors (Lipinski definition) is 3. The Bertz CT molecular complexity index is 1080. The number of esters is 1. The highest BCUT2D eigenvalue weighted by Gasteiger charge is 2.20. The summed E-state index contributed by atoms with van der Waals surface area (Å²) in [5.41, 5.74) is 0. The van der Waals surface area contributed by atoms with Crippen LogP contribution >= 0.6 is 0 Å². The number of rotatable bonds is 62. The summed E-state index contributed by atoms with van der Waals surface area (Å²) >= 11 is 0. The number of carbonyl (C=O) groups excluding carboxylic acids is 2. The average molecular weight is 1020 g/mol. The Morgan fingerprint density at radius 2 is 0.653 bits per heavy atom. The van der Waals surface area contributed by atoms with Crippen molar-refractivity contribution >= 4 is 11.9 Å². The summed E-state index contributed by atoms with van der Waals surface area (Å²) in [6, 6.07) is -0.541. The standard InChI is InChI=1S/C66H129NO5/c1-3-5-7-9-11-13-15-17-19-20-24-28-32-36-40-44-48-52-56-60-66(71)72-61-57-53-49-45-41-37-33-29-26-23-21-22-25-27-31-35-39-43-47-51-55-59-65(70)67-63(62-68)64(69)58-54-50-46-42-38-34-30-18-16-14-12-10-8-6-4-2/h17,19,63-64,68-69H,3-16,18,20-62H2,1-2H3,(H,67,70)/b19-17-. The summed E-state index contributed by atoms with van der Waals surface area (Å²) in [4.78, 5) is 24.6. The normalized spacial score (nSPS) is 12.6. The van der Waals surface area contributed by atoms with Crippen LogP contribution in [0.4, 0.5) is 0 Å². The fraction of sp³-hybridized carbons (Fsp3) is 0.939. The molecular formula is C66H129NO5. The van der Waals surface area contributed by atoms with Crippen LogP contribution in [0.25, 0.3) is 0 Å². The minimum atomic E-state index is -0.664. The summed E-state index contributed by atoms with van der Waals surface area (Å²) in [7, 11) is 0. The van der Waals surface area contributed by atoms with Gasteiger partial charge < -0.3 is 20.3 Å². The number of ether oxygens (including phenoxy) is 1. The van der Waals surface area contributed by atoms with Gasteiger partial charge in [0, 0.05) is 12.8 Å². The molecular weight excluding hydrogens is 887 g/mol. The zero-order chi connectivity index (χ0) is 52.2. The lowest BCUT2D eigenvalue weighted by molar-refractivity contribution is -0.143. The van der Waals surface area contributed by atoms with Crippen LogP contribution in [0.3, 0.4) is 0 Å². The lowest BCUT2D eigenvalue weighted by Gasteiger charge is -2.22. The molecule has 3 N–H and O–H groups in total. The number of allylic oxidation sites excluding steroid dienone is 2. The second-order valence-corrected chi connectivity index (χ2v) is 22.8. The number of aliphatic hydroxyl groups excluding tert-OH is 2. The Balaban J connectivity index is 3.36. The van der Waals surface area contributed by atoms with Crippen LogP contribution in [-0.2, 0) is 14.3 Å². The molecule has 0 aromatic carbocycles. The van der Waals surface area contributed by atoms with Crippen molar-refractivity contribution in [1.29, 1.82) is 0 Å². The Labute approximate surface area is 450 Å². The van der Waals surface area contributed by atoms with Gasteiger partial charge in [-0.2, -0.15) is 0 Å². The van der Waals surface area contributed by atoms with Gasteiger partial charge in [-0.05, 0) is 51.4 Å². The number of carbonyl (C=O) groups is 2. The molecule has 0 bridgehead atoms. The Kier molecular flexibility index (Phi) is 60.9. The van der Waals surface area contributed by atoms with E-state index in [1.54, 1.807) is 0 Å². The van der Waals surface area contributed by atoms with Crippen LogP contribution < -0.4 is 5.32 Å². The first-order valence-corrected chi connectivity index (χ1v) is 32.9. The molecule has 72 heavy (non-hydrogen) atoms. The monoisotopic (exact) mass is 1020 g/mol. The first-order valence-electron chi connectivity index (χ1n) is 32.9. The maximum Gasteiger partial charge on any atom is 0.305 e. The van der Waals surface area contributed by atoms with Crippen LogP contribution in [0.5, 0.6) is 0 Å². The van der Waals surface area contributed by atoms with Crippen LogP contribution in [-0.4, -0.2) is 47.4 Å². The predicted octanol–water partition coefficient (Wildman–Crippen LogP) is 20.8. The number of unbranched alkanes of at least 4 members (excludes halogenated alkanes) is 49. The maximum absolute atomic E-state index is 12.5. The Hall–Kier alpha value is -1.40. The van der Waals surface area contributed by atoms with Gasteiger partial charge >= 0.3 is 5.97 Å². The first kappa shape index (κ1) is 70.6. The van der Waals surface area contributed by atoms with Crippen molar-refractivity contribution in [2.45, 2.75) is 386 Å². The van der Waals surface area contributed by atoms with Crippen molar-refractivity contribution in [3.63, 3.8) is 0 Å². The van der Waals surface area contributed by atoms with E-state index >= 15 is 0 Å². The van der Waals surface area contributed by atoms with Crippen LogP contribution in [0.15, 0.2) is 12.2 Å². The lowest BCUT2D eigenvalue weighted by Crippen LogP contribution is -2.45. The smallest absolute Gasteiger partial charge is 0.305 e. The predicted molar refractivity (Wildman–Crippen MR) is 315 cm³/mol. The van der Waals surface area contributed by atoms with Gasteiger partial charge in [-0.25, -0.2) is 0 Å². The van der Waals surface area contributed by atoms with E-state index in [9.17, 15) is 19.8 Å². The molecule has 0 spiro atoms. The molecule has 0 aromatic heterocycles. The summed E-state index contributed by atoms with van der Waals surface area (Å²) in [6.45, 7) is 4.98. The molecule has 0 radical (unpaired) electrons. The second-order valence-electron chi connectivity index (χ2n) is 22.8. The minimum Gasteiger partial charge on any atom is -0.466 e. The van der Waals surface area contributed by atoms with E-state index in [0.29, 0.717) is 25.9 Å². The molecule has 0 aromatic rings. The van der Waals surface area contributed by atoms with Gasteiger partial charge in [0.15, 0.2) is 0 Å². The van der Waals surface area contributed by atoms with Gasteiger partial charge in [0.25, 0.3) is 0 Å². The SMILES string of the molecule is CCCCCCCC/C=C\CCCCCCCCCCCC(=O)OCCCCCCCCCCCCCCCCCCCCCCCC(=O)NC(CO)C(O)CCCCCCCCCCCCCCCCC. The molecule has 2 unspecified atom stereocenters. The van der Waals surface area contributed by atoms with Crippen molar-refractivity contribution in [2.24, 2.45) is 0 Å². The molecule has 0 saturated carbocycles. The van der Waals surface area contributed by atoms with Crippen molar-refractivity contribution in [3.05, 3.63) is 12.2 Å². The average Bonchev–Trinajstić information content (AvgIpc) is 3.38. The largest absolute Gasteiger partial charge is 0.466 e. The molecule has 0 aliphatic carbocycles. The molecule has 0 saturated heterocycles. The van der Waals surface area contributed by atoms with Gasteiger partial charge in [0.1, 0.15) is 0 Å². The fourth-order valence-electron chi connectivity index (χ4n) is 10.5. The molecule has 0 fully saturated rings. The molecule has 0 rings (SSSR count). The van der Waals surface area contributed by atoms with Crippen LogP contribution in [0.2, 0.25) is 0 Å². The summed E-state index contributed by atoms with van der Waals surface area (Å²) < 4.78 is 5.50. The van der Waals surface area contributed by atoms with Crippen molar-refractivity contribution < 1.29 is 24.5 Å². The third-order valence-corrected chi connectivity index (χ3v) is 15.6. The van der Waals surface area contributed by atoms with Crippen molar-refractivity contribution in [1.82, 2.24) is 5.32 Å². The topological polar surface area (TPSA) is 95.9 Å². The molecule has 0 aliphatic rings. The summed E-state index contributed by atoms with van der Waals surface area (Å²) in [6.07, 6.45) is 75.2. The highest BCUT2D eigenvalue weighted by Crippen LogP contribution is 2.19. The zero-order valence-electron chi connectivity index (χ0n) is 48.9. The van der Waals surface area contributed by atoms with E-state index in [1.807, 2.05) is 0 Å². The lowest BCUT2D eigenvalue weighted by atomic mass is 10.0. The number of hydrogen-bond acceptors (Lipinski definition) is 5. The summed E-state index contributed by atoms with van der Waals surface area (Å²) in [5, 5.41) is 23.3. The third-order valence-electron chi connectivity index (χ3n) is 15.6. The van der Waals surface area contributed by atoms with E-state index in [1.165, 1.54) is 295 Å². The molecule has 6 nitrogen and oxygen atoms in total. The number of aliphatic hydroxyl groups is 2. The van der Waals surface area contributed by atoms with Gasteiger partial charge in [-0.1, -0.05) is 321 Å². The van der Waals surface area contributed by atoms with E-state index < -0.39 is 12.1 Å². The molecule has 6 heteroatoms. The van der Waals surface area contributed by atoms with E-state index in [4.69, 9.17) is 4.74 Å². The minimum absolute atomic E-state index is 0.0126. The zero-order valence-corrected chi connectivity index (χ0v) is 48.9. The fourth-order valence-corrected chi connectivity index (χ4v) is 10.5. The van der Waals surface area contributed by atoms with Crippen LogP contribution in [0, 0.1) is 0 Å². The highest BCUT2D eigenvalue weighted by atomic mass is 16.5. The quantitative estimate of drug-likeness (QED) is 0.0320. The van der Waals surface area contributed by atoms with Gasteiger partial charge in [0.05, 0.1) is 25.4 Å². The maximum atomic E-state index is 12.5. The van der Waals surface area contributed by atoms with Gasteiger partial charge in [-0.15, -0.1) is 0 Å². The van der Waals surface area contributed by atoms with Crippen LogP contribution in [0.1, 0.15) is 373 Å². The molecule has 0 heterocycles. The number of nitrogens with one attached hydrogen (secondary N) is 1. The van der Waals surface area contributed by atoms with Gasteiger partial charge in [0.2, 0.25) is 5.91 Å². The molecule has 0 aliphatic heterocycles. The molecule has 1 amide bonds. The number of amides is 1. The van der Waals surface area contributed by atoms with E-state index in [0.717, 1.165) is 44.9 Å². The van der Waals surface area contributed by atoms with Gasteiger partial charge in [-0.3, -0.25) is 9.59 Å². The molecule has 2 atom stereocenters. The second kappa shape index (κ2) is 62.1. The van der Waals surface area contributed by atoms with E-state index in [2.05, 4.69) is 31.3 Å². The Morgan fingerprint density at radius 1 is 0.375 bits per heavy atom. The van der Waals surface area contributed by atoms with E-state index in [-0.39, 0.29) is 18.5 Å². The molecule has 428 valence electrons.